The molecule has 0 spiro atoms. The number of carboxylic acids is 1. The van der Waals surface area contributed by atoms with Crippen molar-refractivity contribution in [3.63, 3.8) is 0 Å². The van der Waals surface area contributed by atoms with Crippen LogP contribution in [0.1, 0.15) is 18.2 Å². The minimum atomic E-state index is -0.784. The van der Waals surface area contributed by atoms with Crippen LogP contribution in [0.3, 0.4) is 0 Å². The van der Waals surface area contributed by atoms with Crippen LogP contribution in [0.2, 0.25) is 0 Å². The third kappa shape index (κ3) is 1.50. The first-order valence-corrected chi connectivity index (χ1v) is 5.42. The van der Waals surface area contributed by atoms with Crippen molar-refractivity contribution < 1.29 is 14.3 Å². The minimum absolute atomic E-state index is 0.0343. The molecule has 1 fully saturated rings. The molecule has 88 valence electrons. The Hall–Kier alpha value is -1.91. The van der Waals surface area contributed by atoms with E-state index < -0.39 is 5.97 Å². The van der Waals surface area contributed by atoms with Gasteiger partial charge in [0.2, 0.25) is 0 Å². The number of aromatic nitrogens is 2. The summed E-state index contributed by atoms with van der Waals surface area (Å²) in [4.78, 5) is 15.2. The number of aliphatic carboxylic acids is 1. The third-order valence-electron chi connectivity index (χ3n) is 3.32. The maximum absolute atomic E-state index is 13.1. The highest BCUT2D eigenvalue weighted by Gasteiger charge is 2.46. The van der Waals surface area contributed by atoms with Gasteiger partial charge in [0.15, 0.2) is 0 Å². The Balaban J connectivity index is 2.07. The van der Waals surface area contributed by atoms with Crippen LogP contribution in [0.25, 0.3) is 11.0 Å². The van der Waals surface area contributed by atoms with Gasteiger partial charge in [-0.15, -0.1) is 0 Å². The summed E-state index contributed by atoms with van der Waals surface area (Å²) in [6.07, 6.45) is 0.620. The molecule has 2 aromatic rings. The standard InChI is InChI=1S/C12H11FN2O2/c1-15-10-3-2-6(13)4-9(10)14-11(15)7-5-8(7)12(16)17/h2-4,7-8H,5H2,1H3,(H,16,17). The number of rotatable bonds is 2. The maximum atomic E-state index is 13.1. The molecule has 1 heterocycles. The van der Waals surface area contributed by atoms with E-state index in [4.69, 9.17) is 5.11 Å². The van der Waals surface area contributed by atoms with Crippen molar-refractivity contribution >= 4 is 17.0 Å². The molecule has 17 heavy (non-hydrogen) atoms. The quantitative estimate of drug-likeness (QED) is 0.863. The van der Waals surface area contributed by atoms with Crippen molar-refractivity contribution in [3.8, 4) is 0 Å². The molecule has 1 aliphatic carbocycles. The number of hydrogen-bond acceptors (Lipinski definition) is 2. The first-order chi connectivity index (χ1) is 8.08. The number of imidazole rings is 1. The van der Waals surface area contributed by atoms with E-state index in [-0.39, 0.29) is 17.7 Å². The van der Waals surface area contributed by atoms with Gasteiger partial charge in [0.05, 0.1) is 17.0 Å². The minimum Gasteiger partial charge on any atom is -0.481 e. The van der Waals surface area contributed by atoms with E-state index >= 15 is 0 Å². The predicted molar refractivity (Wildman–Crippen MR) is 59.2 cm³/mol. The van der Waals surface area contributed by atoms with Crippen LogP contribution < -0.4 is 0 Å². The molecule has 0 amide bonds. The molecule has 3 rings (SSSR count). The summed E-state index contributed by atoms with van der Waals surface area (Å²) in [7, 11) is 1.83. The van der Waals surface area contributed by atoms with Crippen molar-refractivity contribution in [1.29, 1.82) is 0 Å². The first kappa shape index (κ1) is 10.3. The Morgan fingerprint density at radius 1 is 1.59 bits per heavy atom. The second-order valence-corrected chi connectivity index (χ2v) is 4.45. The van der Waals surface area contributed by atoms with Gasteiger partial charge in [0, 0.05) is 19.0 Å². The molecule has 1 aliphatic rings. The van der Waals surface area contributed by atoms with Gasteiger partial charge in [-0.05, 0) is 18.6 Å². The number of halogens is 1. The Bertz CT molecular complexity index is 620. The summed E-state index contributed by atoms with van der Waals surface area (Å²) in [6.45, 7) is 0. The Kier molecular flexibility index (Phi) is 1.98. The number of carbonyl (C=O) groups is 1. The highest BCUT2D eigenvalue weighted by atomic mass is 19.1. The zero-order valence-electron chi connectivity index (χ0n) is 9.22. The summed E-state index contributed by atoms with van der Waals surface area (Å²) in [5.41, 5.74) is 1.41. The van der Waals surface area contributed by atoms with Gasteiger partial charge >= 0.3 is 5.97 Å². The van der Waals surface area contributed by atoms with Crippen molar-refractivity contribution in [2.75, 3.05) is 0 Å². The van der Waals surface area contributed by atoms with Crippen LogP contribution in [0, 0.1) is 11.7 Å². The topological polar surface area (TPSA) is 55.1 Å². The monoisotopic (exact) mass is 234 g/mol. The number of carboxylic acid groups (broad SMARTS) is 1. The average molecular weight is 234 g/mol. The molecule has 1 saturated carbocycles. The average Bonchev–Trinajstić information content (AvgIpc) is 3.00. The van der Waals surface area contributed by atoms with Crippen molar-refractivity contribution in [3.05, 3.63) is 29.8 Å². The van der Waals surface area contributed by atoms with E-state index in [0.29, 0.717) is 11.9 Å². The number of fused-ring (bicyclic) bond motifs is 1. The molecule has 5 heteroatoms. The second-order valence-electron chi connectivity index (χ2n) is 4.45. The van der Waals surface area contributed by atoms with Crippen LogP contribution in [0.5, 0.6) is 0 Å². The fraction of sp³-hybridized carbons (Fsp3) is 0.333. The number of benzene rings is 1. The highest BCUT2D eigenvalue weighted by molar-refractivity contribution is 5.78. The summed E-state index contributed by atoms with van der Waals surface area (Å²) < 4.78 is 14.9. The van der Waals surface area contributed by atoms with Crippen LogP contribution in [-0.2, 0) is 11.8 Å². The maximum Gasteiger partial charge on any atom is 0.307 e. The number of aryl methyl sites for hydroxylation is 1. The molecule has 2 atom stereocenters. The molecule has 4 nitrogen and oxygen atoms in total. The van der Waals surface area contributed by atoms with Crippen molar-refractivity contribution in [1.82, 2.24) is 9.55 Å². The lowest BCUT2D eigenvalue weighted by Crippen LogP contribution is -2.02. The molecule has 0 aliphatic heterocycles. The fourth-order valence-corrected chi connectivity index (χ4v) is 2.28. The SMILES string of the molecule is Cn1c(C2CC2C(=O)O)nc2cc(F)ccc21. The van der Waals surface area contributed by atoms with Gasteiger partial charge in [-0.2, -0.15) is 0 Å². The summed E-state index contributed by atoms with van der Waals surface area (Å²) in [5, 5.41) is 8.90. The predicted octanol–water partition coefficient (Wildman–Crippen LogP) is 1.90. The Morgan fingerprint density at radius 2 is 2.35 bits per heavy atom. The van der Waals surface area contributed by atoms with Crippen molar-refractivity contribution in [2.24, 2.45) is 13.0 Å². The van der Waals surface area contributed by atoms with Crippen LogP contribution in [-0.4, -0.2) is 20.6 Å². The molecule has 1 aromatic heterocycles. The van der Waals surface area contributed by atoms with Gasteiger partial charge in [0.1, 0.15) is 11.6 Å². The van der Waals surface area contributed by atoms with Gasteiger partial charge in [-0.25, -0.2) is 9.37 Å². The van der Waals surface area contributed by atoms with E-state index in [1.807, 2.05) is 11.6 Å². The van der Waals surface area contributed by atoms with Crippen LogP contribution in [0.4, 0.5) is 4.39 Å². The molecular weight excluding hydrogens is 223 g/mol. The number of nitrogens with zero attached hydrogens (tertiary/aromatic N) is 2. The van der Waals surface area contributed by atoms with E-state index in [0.717, 1.165) is 11.3 Å². The van der Waals surface area contributed by atoms with E-state index in [1.165, 1.54) is 12.1 Å². The van der Waals surface area contributed by atoms with Gasteiger partial charge in [-0.3, -0.25) is 4.79 Å². The Labute approximate surface area is 96.7 Å². The summed E-state index contributed by atoms with van der Waals surface area (Å²) >= 11 is 0. The summed E-state index contributed by atoms with van der Waals surface area (Å²) in [6, 6.07) is 4.42. The molecule has 2 unspecified atom stereocenters. The lowest BCUT2D eigenvalue weighted by Gasteiger charge is -1.99. The third-order valence-corrected chi connectivity index (χ3v) is 3.32. The molecule has 1 N–H and O–H groups in total. The Morgan fingerprint density at radius 3 is 3.00 bits per heavy atom. The zero-order chi connectivity index (χ0) is 12.2. The van der Waals surface area contributed by atoms with Crippen molar-refractivity contribution in [2.45, 2.75) is 12.3 Å². The molecule has 0 saturated heterocycles. The molecular formula is C12H11FN2O2. The molecule has 1 aromatic carbocycles. The second kappa shape index (κ2) is 3.29. The largest absolute Gasteiger partial charge is 0.481 e. The van der Waals surface area contributed by atoms with Crippen LogP contribution >= 0.6 is 0 Å². The lowest BCUT2D eigenvalue weighted by molar-refractivity contribution is -0.138. The van der Waals surface area contributed by atoms with Gasteiger partial charge < -0.3 is 9.67 Å². The van der Waals surface area contributed by atoms with E-state index in [9.17, 15) is 9.18 Å². The summed E-state index contributed by atoms with van der Waals surface area (Å²) in [5.74, 6) is -0.748. The zero-order valence-corrected chi connectivity index (χ0v) is 9.22. The normalized spacial score (nSPS) is 22.9. The molecule has 0 radical (unpaired) electrons. The van der Waals surface area contributed by atoms with E-state index in [1.54, 1.807) is 6.07 Å². The van der Waals surface area contributed by atoms with Gasteiger partial charge in [-0.1, -0.05) is 0 Å². The fourth-order valence-electron chi connectivity index (χ4n) is 2.28. The van der Waals surface area contributed by atoms with Gasteiger partial charge in [0.25, 0.3) is 0 Å². The molecule has 0 bridgehead atoms. The smallest absolute Gasteiger partial charge is 0.307 e. The van der Waals surface area contributed by atoms with Crippen LogP contribution in [0.15, 0.2) is 18.2 Å². The first-order valence-electron chi connectivity index (χ1n) is 5.42. The van der Waals surface area contributed by atoms with E-state index in [2.05, 4.69) is 4.98 Å². The number of hydrogen-bond donors (Lipinski definition) is 1. The highest BCUT2D eigenvalue weighted by Crippen LogP contribution is 2.47. The lowest BCUT2D eigenvalue weighted by atomic mass is 10.3.